The highest BCUT2D eigenvalue weighted by Gasteiger charge is 2.19. The summed E-state index contributed by atoms with van der Waals surface area (Å²) in [5.74, 6) is 0. The number of H-pyrrole nitrogens is 1. The summed E-state index contributed by atoms with van der Waals surface area (Å²) in [5, 5.41) is 1.02. The summed E-state index contributed by atoms with van der Waals surface area (Å²) in [5.41, 5.74) is 10.5. The molecule has 1 aromatic carbocycles. The topological polar surface area (TPSA) is 67.6 Å². The van der Waals surface area contributed by atoms with Gasteiger partial charge in [0.2, 0.25) is 0 Å². The number of aromatic nitrogens is 3. The molecule has 0 radical (unpaired) electrons. The van der Waals surface area contributed by atoms with Crippen LogP contribution in [0.15, 0.2) is 47.9 Å². The molecule has 2 aromatic heterocycles. The first-order chi connectivity index (χ1) is 10.1. The highest BCUT2D eigenvalue weighted by molar-refractivity contribution is 7.99. The number of imidazole rings is 1. The molecule has 0 bridgehead atoms. The molecule has 0 fully saturated rings. The molecule has 4 nitrogen and oxygen atoms in total. The second-order valence-electron chi connectivity index (χ2n) is 5.25. The van der Waals surface area contributed by atoms with Gasteiger partial charge < -0.3 is 10.7 Å². The first-order valence-corrected chi connectivity index (χ1v) is 7.80. The van der Waals surface area contributed by atoms with Gasteiger partial charge in [-0.15, -0.1) is 0 Å². The zero-order valence-corrected chi connectivity index (χ0v) is 12.9. The Morgan fingerprint density at radius 3 is 2.86 bits per heavy atom. The number of nitrogens with two attached hydrogens (primary N) is 1. The quantitative estimate of drug-likeness (QED) is 0.724. The highest BCUT2D eigenvalue weighted by atomic mass is 32.2. The van der Waals surface area contributed by atoms with Gasteiger partial charge in [-0.3, -0.25) is 4.98 Å². The van der Waals surface area contributed by atoms with Gasteiger partial charge in [-0.2, -0.15) is 0 Å². The van der Waals surface area contributed by atoms with Crippen molar-refractivity contribution in [2.24, 2.45) is 5.73 Å². The number of rotatable bonds is 4. The molecular formula is C16H18N4S. The van der Waals surface area contributed by atoms with E-state index in [0.717, 1.165) is 21.8 Å². The molecule has 3 N–H and O–H groups in total. The molecule has 0 aliphatic rings. The van der Waals surface area contributed by atoms with E-state index in [0.29, 0.717) is 0 Å². The van der Waals surface area contributed by atoms with E-state index in [-0.39, 0.29) is 11.3 Å². The highest BCUT2D eigenvalue weighted by Crippen LogP contribution is 2.36. The van der Waals surface area contributed by atoms with Crippen LogP contribution in [-0.4, -0.2) is 21.0 Å². The molecule has 2 unspecified atom stereocenters. The molecule has 0 saturated carbocycles. The zero-order chi connectivity index (χ0) is 14.8. The van der Waals surface area contributed by atoms with Crippen LogP contribution in [0, 0.1) is 6.92 Å². The van der Waals surface area contributed by atoms with Crippen molar-refractivity contribution in [3.63, 3.8) is 0 Å². The molecule has 5 heteroatoms. The third-order valence-electron chi connectivity index (χ3n) is 3.34. The molecule has 3 rings (SSSR count). The van der Waals surface area contributed by atoms with Crippen LogP contribution in [0.4, 0.5) is 0 Å². The molecule has 0 aliphatic carbocycles. The Hall–Kier alpha value is -1.85. The molecule has 0 aliphatic heterocycles. The fourth-order valence-corrected chi connectivity index (χ4v) is 3.35. The molecule has 21 heavy (non-hydrogen) atoms. The van der Waals surface area contributed by atoms with E-state index in [9.17, 15) is 0 Å². The standard InChI is InChI=1S/C16H18N4S/c1-10-5-6-13-14(8-10)20-16(19-13)21-15(11(2)17)12-4-3-7-18-9-12/h3-9,11,15H,17H2,1-2H3,(H,19,20). The maximum atomic E-state index is 6.14. The number of pyridine rings is 1. The van der Waals surface area contributed by atoms with Gasteiger partial charge in [-0.1, -0.05) is 23.9 Å². The summed E-state index contributed by atoms with van der Waals surface area (Å²) in [4.78, 5) is 12.2. The largest absolute Gasteiger partial charge is 0.333 e. The van der Waals surface area contributed by atoms with Crippen LogP contribution in [0.3, 0.4) is 0 Å². The Morgan fingerprint density at radius 2 is 2.14 bits per heavy atom. The van der Waals surface area contributed by atoms with Crippen molar-refractivity contribution < 1.29 is 0 Å². The van der Waals surface area contributed by atoms with Gasteiger partial charge >= 0.3 is 0 Å². The third-order valence-corrected chi connectivity index (χ3v) is 4.72. The van der Waals surface area contributed by atoms with Gasteiger partial charge in [0.25, 0.3) is 0 Å². The molecule has 0 spiro atoms. The van der Waals surface area contributed by atoms with Gasteiger partial charge in [0.05, 0.1) is 16.3 Å². The number of hydrogen-bond acceptors (Lipinski definition) is 4. The van der Waals surface area contributed by atoms with Crippen LogP contribution < -0.4 is 5.73 Å². The normalized spacial score (nSPS) is 14.2. The fraction of sp³-hybridized carbons (Fsp3) is 0.250. The lowest BCUT2D eigenvalue weighted by atomic mass is 10.1. The third kappa shape index (κ3) is 3.09. The second-order valence-corrected chi connectivity index (χ2v) is 6.38. The second kappa shape index (κ2) is 5.87. The van der Waals surface area contributed by atoms with Crippen molar-refractivity contribution in [2.75, 3.05) is 0 Å². The average Bonchev–Trinajstić information content (AvgIpc) is 2.87. The molecule has 0 amide bonds. The van der Waals surface area contributed by atoms with E-state index >= 15 is 0 Å². The summed E-state index contributed by atoms with van der Waals surface area (Å²) in [6, 6.07) is 10.2. The maximum Gasteiger partial charge on any atom is 0.167 e. The zero-order valence-electron chi connectivity index (χ0n) is 12.1. The first-order valence-electron chi connectivity index (χ1n) is 6.92. The minimum atomic E-state index is 0.00847. The van der Waals surface area contributed by atoms with Crippen LogP contribution in [-0.2, 0) is 0 Å². The minimum Gasteiger partial charge on any atom is -0.333 e. The number of benzene rings is 1. The van der Waals surface area contributed by atoms with Crippen LogP contribution in [0.5, 0.6) is 0 Å². The van der Waals surface area contributed by atoms with E-state index < -0.39 is 0 Å². The van der Waals surface area contributed by atoms with E-state index in [1.165, 1.54) is 5.56 Å². The number of aryl methyl sites for hydroxylation is 1. The average molecular weight is 298 g/mol. The van der Waals surface area contributed by atoms with Crippen LogP contribution in [0.2, 0.25) is 0 Å². The predicted molar refractivity (Wildman–Crippen MR) is 87.3 cm³/mol. The van der Waals surface area contributed by atoms with Crippen molar-refractivity contribution in [3.8, 4) is 0 Å². The Kier molecular flexibility index (Phi) is 3.94. The van der Waals surface area contributed by atoms with Gasteiger partial charge in [0, 0.05) is 18.4 Å². The smallest absolute Gasteiger partial charge is 0.167 e. The van der Waals surface area contributed by atoms with Gasteiger partial charge in [0.1, 0.15) is 0 Å². The van der Waals surface area contributed by atoms with Crippen molar-refractivity contribution in [3.05, 3.63) is 53.9 Å². The Labute approximate surface area is 128 Å². The summed E-state index contributed by atoms with van der Waals surface area (Å²) < 4.78 is 0. The summed E-state index contributed by atoms with van der Waals surface area (Å²) in [6.45, 7) is 4.09. The van der Waals surface area contributed by atoms with E-state index in [2.05, 4.69) is 40.1 Å². The Bertz CT molecular complexity index is 736. The molecule has 2 heterocycles. The van der Waals surface area contributed by atoms with Crippen LogP contribution >= 0.6 is 11.8 Å². The van der Waals surface area contributed by atoms with E-state index in [4.69, 9.17) is 5.73 Å². The Morgan fingerprint density at radius 1 is 1.29 bits per heavy atom. The number of thioether (sulfide) groups is 1. The van der Waals surface area contributed by atoms with Crippen LogP contribution in [0.25, 0.3) is 11.0 Å². The predicted octanol–water partition coefficient (Wildman–Crippen LogP) is 3.45. The van der Waals surface area contributed by atoms with Crippen LogP contribution in [0.1, 0.15) is 23.3 Å². The monoisotopic (exact) mass is 298 g/mol. The number of nitrogens with one attached hydrogen (secondary N) is 1. The lowest BCUT2D eigenvalue weighted by molar-refractivity contribution is 0.716. The lowest BCUT2D eigenvalue weighted by Gasteiger charge is -2.18. The number of nitrogens with zero attached hydrogens (tertiary/aromatic N) is 2. The number of fused-ring (bicyclic) bond motifs is 1. The Balaban J connectivity index is 1.91. The fourth-order valence-electron chi connectivity index (χ4n) is 2.30. The van der Waals surface area contributed by atoms with Gasteiger partial charge in [0.15, 0.2) is 5.16 Å². The first kappa shape index (κ1) is 14.1. The number of hydrogen-bond donors (Lipinski definition) is 2. The lowest BCUT2D eigenvalue weighted by Crippen LogP contribution is -2.22. The summed E-state index contributed by atoms with van der Waals surface area (Å²) in [7, 11) is 0. The van der Waals surface area contributed by atoms with Crippen molar-refractivity contribution in [1.29, 1.82) is 0 Å². The summed E-state index contributed by atoms with van der Waals surface area (Å²) in [6.07, 6.45) is 3.64. The van der Waals surface area contributed by atoms with E-state index in [1.807, 2.05) is 25.3 Å². The maximum absolute atomic E-state index is 6.14. The summed E-state index contributed by atoms with van der Waals surface area (Å²) >= 11 is 1.65. The van der Waals surface area contributed by atoms with Crippen molar-refractivity contribution in [1.82, 2.24) is 15.0 Å². The SMILES string of the molecule is Cc1ccc2nc(SC(c3cccnc3)C(C)N)[nH]c2c1. The molecule has 108 valence electrons. The van der Waals surface area contributed by atoms with Crippen molar-refractivity contribution in [2.45, 2.75) is 30.3 Å². The number of aromatic amines is 1. The molecule has 2 atom stereocenters. The molecular weight excluding hydrogens is 280 g/mol. The molecule has 0 saturated heterocycles. The van der Waals surface area contributed by atoms with Crippen molar-refractivity contribution >= 4 is 22.8 Å². The van der Waals surface area contributed by atoms with Gasteiger partial charge in [-0.25, -0.2) is 4.98 Å². The van der Waals surface area contributed by atoms with Gasteiger partial charge in [-0.05, 0) is 43.2 Å². The minimum absolute atomic E-state index is 0.00847. The molecule has 3 aromatic rings. The van der Waals surface area contributed by atoms with E-state index in [1.54, 1.807) is 18.0 Å².